The standard InChI is InChI=1S/C39H37N3O3/c1-38(2)37(35(44)27-43)42(28-41(38)26-29-23-24-40-25-36(29)45-3)34-21-19-33(20-22-34)39(30-13-7-4-8-14-30,31-15-9-5-10-16-31)32-17-11-6-12-18-32/h4-25,27,37H,26,28H2,1-3H3. The van der Waals surface area contributed by atoms with Gasteiger partial charge in [0.2, 0.25) is 5.78 Å². The molecule has 45 heavy (non-hydrogen) atoms. The first kappa shape index (κ1) is 30.0. The average Bonchev–Trinajstić information content (AvgIpc) is 3.36. The van der Waals surface area contributed by atoms with Crippen molar-refractivity contribution in [2.24, 2.45) is 0 Å². The summed E-state index contributed by atoms with van der Waals surface area (Å²) in [4.78, 5) is 33.6. The van der Waals surface area contributed by atoms with Crippen molar-refractivity contribution in [1.29, 1.82) is 0 Å². The number of benzene rings is 4. The molecule has 2 heterocycles. The second kappa shape index (κ2) is 12.5. The first-order valence-corrected chi connectivity index (χ1v) is 15.2. The molecule has 4 aromatic carbocycles. The number of pyridine rings is 1. The Labute approximate surface area is 264 Å². The number of hydrogen-bond acceptors (Lipinski definition) is 6. The highest BCUT2D eigenvalue weighted by Gasteiger charge is 2.50. The molecule has 6 rings (SSSR count). The van der Waals surface area contributed by atoms with Gasteiger partial charge in [-0.1, -0.05) is 103 Å². The van der Waals surface area contributed by atoms with Crippen molar-refractivity contribution in [2.75, 3.05) is 18.7 Å². The number of ketones is 1. The zero-order chi connectivity index (χ0) is 31.4. The number of aromatic nitrogens is 1. The SMILES string of the molecule is COc1cnccc1CN1CN(c2ccc(C(c3ccccc3)(c3ccccc3)c3ccccc3)cc2)C(C(=O)C=O)C1(C)C. The molecular weight excluding hydrogens is 558 g/mol. The Morgan fingerprint density at radius 2 is 1.33 bits per heavy atom. The van der Waals surface area contributed by atoms with Crippen molar-refractivity contribution in [3.8, 4) is 5.75 Å². The lowest BCUT2D eigenvalue weighted by Crippen LogP contribution is -2.51. The molecule has 6 nitrogen and oxygen atoms in total. The molecule has 226 valence electrons. The summed E-state index contributed by atoms with van der Waals surface area (Å²) in [6.07, 6.45) is 3.89. The van der Waals surface area contributed by atoms with Gasteiger partial charge in [0, 0.05) is 29.5 Å². The minimum atomic E-state index is -0.657. The van der Waals surface area contributed by atoms with E-state index in [4.69, 9.17) is 4.74 Å². The van der Waals surface area contributed by atoms with E-state index >= 15 is 0 Å². The van der Waals surface area contributed by atoms with E-state index in [2.05, 4.69) is 107 Å². The molecule has 1 saturated heterocycles. The van der Waals surface area contributed by atoms with Gasteiger partial charge in [0.25, 0.3) is 0 Å². The van der Waals surface area contributed by atoms with Crippen LogP contribution in [0.2, 0.25) is 0 Å². The molecule has 0 spiro atoms. The lowest BCUT2D eigenvalue weighted by molar-refractivity contribution is -0.131. The van der Waals surface area contributed by atoms with Crippen LogP contribution in [0, 0.1) is 0 Å². The summed E-state index contributed by atoms with van der Waals surface area (Å²) in [7, 11) is 1.63. The Hall–Kier alpha value is -5.07. The molecule has 0 aliphatic carbocycles. The van der Waals surface area contributed by atoms with E-state index in [1.54, 1.807) is 19.5 Å². The van der Waals surface area contributed by atoms with Crippen LogP contribution in [0.3, 0.4) is 0 Å². The highest BCUT2D eigenvalue weighted by atomic mass is 16.5. The molecule has 0 N–H and O–H groups in total. The third-order valence-electron chi connectivity index (χ3n) is 9.21. The van der Waals surface area contributed by atoms with Gasteiger partial charge in [-0.3, -0.25) is 19.5 Å². The van der Waals surface area contributed by atoms with Crippen LogP contribution in [0.5, 0.6) is 5.75 Å². The molecule has 1 aliphatic rings. The second-order valence-electron chi connectivity index (χ2n) is 12.0. The van der Waals surface area contributed by atoms with Crippen LogP contribution >= 0.6 is 0 Å². The summed E-state index contributed by atoms with van der Waals surface area (Å²) >= 11 is 0. The Morgan fingerprint density at radius 3 is 1.82 bits per heavy atom. The molecule has 1 aliphatic heterocycles. The molecule has 5 aromatic rings. The first-order chi connectivity index (χ1) is 21.9. The number of carbonyl (C=O) groups excluding carboxylic acids is 2. The molecule has 0 saturated carbocycles. The molecule has 1 unspecified atom stereocenters. The van der Waals surface area contributed by atoms with Gasteiger partial charge in [-0.25, -0.2) is 0 Å². The third-order valence-corrected chi connectivity index (χ3v) is 9.21. The molecule has 0 radical (unpaired) electrons. The van der Waals surface area contributed by atoms with E-state index < -0.39 is 22.8 Å². The largest absolute Gasteiger partial charge is 0.495 e. The van der Waals surface area contributed by atoms with Gasteiger partial charge in [-0.2, -0.15) is 0 Å². The highest BCUT2D eigenvalue weighted by Crippen LogP contribution is 2.46. The maximum Gasteiger partial charge on any atom is 0.219 e. The molecule has 1 aromatic heterocycles. The van der Waals surface area contributed by atoms with Gasteiger partial charge in [0.05, 0.1) is 25.4 Å². The summed E-state index contributed by atoms with van der Waals surface area (Å²) in [5.74, 6) is 0.244. The number of anilines is 1. The highest BCUT2D eigenvalue weighted by molar-refractivity contribution is 6.28. The number of methoxy groups -OCH3 is 1. The van der Waals surface area contributed by atoms with Crippen LogP contribution in [-0.2, 0) is 21.5 Å². The van der Waals surface area contributed by atoms with E-state index in [0.717, 1.165) is 33.5 Å². The molecule has 1 fully saturated rings. The zero-order valence-corrected chi connectivity index (χ0v) is 25.8. The Bertz CT molecular complexity index is 1660. The number of Topliss-reactive ketones (excluding diaryl/α,β-unsaturated/α-hetero) is 1. The van der Waals surface area contributed by atoms with Crippen molar-refractivity contribution in [1.82, 2.24) is 9.88 Å². The van der Waals surface area contributed by atoms with Crippen LogP contribution in [0.25, 0.3) is 0 Å². The second-order valence-corrected chi connectivity index (χ2v) is 12.0. The predicted molar refractivity (Wildman–Crippen MR) is 177 cm³/mol. The van der Waals surface area contributed by atoms with Gasteiger partial charge >= 0.3 is 0 Å². The topological polar surface area (TPSA) is 62.7 Å². The van der Waals surface area contributed by atoms with Gasteiger partial charge in [0.1, 0.15) is 11.8 Å². The minimum absolute atomic E-state index is 0.444. The number of nitrogens with zero attached hydrogens (tertiary/aromatic N) is 3. The van der Waals surface area contributed by atoms with Gasteiger partial charge in [0.15, 0.2) is 6.29 Å². The summed E-state index contributed by atoms with van der Waals surface area (Å²) in [6, 6.07) is 41.5. The van der Waals surface area contributed by atoms with Crippen LogP contribution in [-0.4, -0.2) is 47.3 Å². The molecule has 0 amide bonds. The fourth-order valence-electron chi connectivity index (χ4n) is 6.95. The quantitative estimate of drug-likeness (QED) is 0.102. The minimum Gasteiger partial charge on any atom is -0.495 e. The third kappa shape index (κ3) is 5.32. The van der Waals surface area contributed by atoms with Gasteiger partial charge in [-0.05, 0) is 54.3 Å². The normalized spacial score (nSPS) is 16.3. The van der Waals surface area contributed by atoms with Gasteiger partial charge < -0.3 is 9.64 Å². The lowest BCUT2D eigenvalue weighted by Gasteiger charge is -2.37. The summed E-state index contributed by atoms with van der Waals surface area (Å²) < 4.78 is 5.56. The fourth-order valence-corrected chi connectivity index (χ4v) is 6.95. The van der Waals surface area contributed by atoms with E-state index in [1.807, 2.05) is 43.0 Å². The van der Waals surface area contributed by atoms with E-state index in [9.17, 15) is 9.59 Å². The van der Waals surface area contributed by atoms with E-state index in [1.165, 1.54) is 0 Å². The Balaban J connectivity index is 1.45. The first-order valence-electron chi connectivity index (χ1n) is 15.2. The van der Waals surface area contributed by atoms with Crippen molar-refractivity contribution in [3.63, 3.8) is 0 Å². The van der Waals surface area contributed by atoms with Crippen molar-refractivity contribution < 1.29 is 14.3 Å². The van der Waals surface area contributed by atoms with Gasteiger partial charge in [-0.15, -0.1) is 0 Å². The van der Waals surface area contributed by atoms with Crippen LogP contribution in [0.4, 0.5) is 5.69 Å². The summed E-state index contributed by atoms with van der Waals surface area (Å²) in [5, 5.41) is 0. The average molecular weight is 596 g/mol. The molecule has 0 bridgehead atoms. The van der Waals surface area contributed by atoms with E-state index in [0.29, 0.717) is 25.2 Å². The van der Waals surface area contributed by atoms with E-state index in [-0.39, 0.29) is 0 Å². The monoisotopic (exact) mass is 595 g/mol. The number of carbonyl (C=O) groups is 2. The molecular formula is C39H37N3O3. The smallest absolute Gasteiger partial charge is 0.219 e. The number of rotatable bonds is 10. The predicted octanol–water partition coefficient (Wildman–Crippen LogP) is 6.67. The maximum absolute atomic E-state index is 13.2. The Morgan fingerprint density at radius 1 is 0.822 bits per heavy atom. The van der Waals surface area contributed by atoms with Crippen molar-refractivity contribution in [3.05, 3.63) is 162 Å². The zero-order valence-electron chi connectivity index (χ0n) is 25.8. The number of hydrogen-bond donors (Lipinski definition) is 0. The van der Waals surface area contributed by atoms with Crippen molar-refractivity contribution in [2.45, 2.75) is 37.4 Å². The number of aldehydes is 1. The number of ether oxygens (including phenoxy) is 1. The van der Waals surface area contributed by atoms with Crippen LogP contribution in [0.1, 0.15) is 41.7 Å². The fraction of sp³-hybridized carbons (Fsp3) is 0.205. The summed E-state index contributed by atoms with van der Waals surface area (Å²) in [5.41, 5.74) is 5.20. The van der Waals surface area contributed by atoms with Crippen LogP contribution < -0.4 is 9.64 Å². The summed E-state index contributed by atoms with van der Waals surface area (Å²) in [6.45, 7) is 5.04. The maximum atomic E-state index is 13.2. The van der Waals surface area contributed by atoms with Crippen molar-refractivity contribution >= 4 is 17.8 Å². The Kier molecular flexibility index (Phi) is 8.33. The lowest BCUT2D eigenvalue weighted by atomic mass is 9.65. The molecule has 6 heteroatoms. The molecule has 1 atom stereocenters. The van der Waals surface area contributed by atoms with Crippen LogP contribution in [0.15, 0.2) is 134 Å².